The maximum atomic E-state index is 4.62. The fraction of sp³-hybridized carbons (Fsp3) is 0.923. The third-order valence-corrected chi connectivity index (χ3v) is 5.02. The van der Waals surface area contributed by atoms with E-state index in [1.807, 2.05) is 11.8 Å². The maximum absolute atomic E-state index is 4.62. The van der Waals surface area contributed by atoms with Crippen molar-refractivity contribution in [3.05, 3.63) is 0 Å². The molecule has 0 aliphatic carbocycles. The minimum atomic E-state index is 0.547. The van der Waals surface area contributed by atoms with E-state index < -0.39 is 0 Å². The molecule has 17 heavy (non-hydrogen) atoms. The van der Waals surface area contributed by atoms with Gasteiger partial charge in [0.1, 0.15) is 0 Å². The van der Waals surface area contributed by atoms with Crippen LogP contribution in [-0.2, 0) is 0 Å². The summed E-state index contributed by atoms with van der Waals surface area (Å²) in [5.41, 5.74) is 0. The highest BCUT2D eigenvalue weighted by atomic mass is 32.2. The van der Waals surface area contributed by atoms with Crippen molar-refractivity contribution < 1.29 is 0 Å². The molecule has 2 atom stereocenters. The molecule has 0 saturated carbocycles. The van der Waals surface area contributed by atoms with E-state index in [0.29, 0.717) is 11.3 Å². The van der Waals surface area contributed by atoms with Crippen LogP contribution in [-0.4, -0.2) is 48.5 Å². The molecule has 3 nitrogen and oxygen atoms in total. The Labute approximate surface area is 110 Å². The van der Waals surface area contributed by atoms with Crippen molar-refractivity contribution in [1.82, 2.24) is 10.2 Å². The second kappa shape index (κ2) is 7.27. The van der Waals surface area contributed by atoms with Gasteiger partial charge in [0, 0.05) is 17.8 Å². The molecular formula is C13H27N3S. The zero-order valence-corrected chi connectivity index (χ0v) is 12.7. The van der Waals surface area contributed by atoms with E-state index in [1.54, 1.807) is 0 Å². The van der Waals surface area contributed by atoms with Crippen molar-refractivity contribution >= 4 is 16.9 Å². The summed E-state index contributed by atoms with van der Waals surface area (Å²) in [6.45, 7) is 8.78. The molecule has 0 aromatic rings. The molecule has 1 aliphatic heterocycles. The van der Waals surface area contributed by atoms with Gasteiger partial charge in [0.2, 0.25) is 0 Å². The van der Waals surface area contributed by atoms with Gasteiger partial charge in [0.15, 0.2) is 5.17 Å². The fourth-order valence-corrected chi connectivity index (χ4v) is 3.29. The van der Waals surface area contributed by atoms with Crippen LogP contribution in [0.5, 0.6) is 0 Å². The van der Waals surface area contributed by atoms with Gasteiger partial charge in [-0.15, -0.1) is 0 Å². The first-order valence-electron chi connectivity index (χ1n) is 6.69. The summed E-state index contributed by atoms with van der Waals surface area (Å²) in [5, 5.41) is 5.31. The predicted octanol–water partition coefficient (Wildman–Crippen LogP) is 2.43. The van der Waals surface area contributed by atoms with Gasteiger partial charge in [-0.05, 0) is 26.9 Å². The molecule has 0 saturated heterocycles. The minimum absolute atomic E-state index is 0.547. The van der Waals surface area contributed by atoms with Crippen LogP contribution >= 0.6 is 11.8 Å². The van der Waals surface area contributed by atoms with Gasteiger partial charge in [-0.1, -0.05) is 38.5 Å². The van der Waals surface area contributed by atoms with Crippen molar-refractivity contribution in [2.75, 3.05) is 27.2 Å². The van der Waals surface area contributed by atoms with E-state index in [9.17, 15) is 0 Å². The molecule has 0 spiro atoms. The van der Waals surface area contributed by atoms with Gasteiger partial charge in [-0.3, -0.25) is 4.99 Å². The van der Waals surface area contributed by atoms with Gasteiger partial charge >= 0.3 is 0 Å². The Morgan fingerprint density at radius 2 is 2.06 bits per heavy atom. The third kappa shape index (κ3) is 4.51. The molecule has 0 amide bonds. The number of rotatable bonds is 6. The number of thioether (sulfide) groups is 1. The van der Waals surface area contributed by atoms with Crippen LogP contribution in [0.1, 0.15) is 33.6 Å². The maximum Gasteiger partial charge on any atom is 0.156 e. The summed E-state index contributed by atoms with van der Waals surface area (Å²) < 4.78 is 0. The number of aliphatic imine (C=N–C) groups is 1. The number of nitrogens with one attached hydrogen (secondary N) is 1. The van der Waals surface area contributed by atoms with E-state index >= 15 is 0 Å². The topological polar surface area (TPSA) is 27.6 Å². The summed E-state index contributed by atoms with van der Waals surface area (Å²) in [6.07, 6.45) is 2.54. The van der Waals surface area contributed by atoms with Crippen LogP contribution in [0.15, 0.2) is 4.99 Å². The molecule has 4 heteroatoms. The highest BCUT2D eigenvalue weighted by Crippen LogP contribution is 2.30. The quantitative estimate of drug-likeness (QED) is 0.792. The minimum Gasteiger partial charge on any atom is -0.363 e. The van der Waals surface area contributed by atoms with Gasteiger partial charge in [-0.25, -0.2) is 0 Å². The Balaban J connectivity index is 2.30. The highest BCUT2D eigenvalue weighted by Gasteiger charge is 2.25. The Morgan fingerprint density at radius 1 is 1.41 bits per heavy atom. The Bertz CT molecular complexity index is 249. The van der Waals surface area contributed by atoms with E-state index in [-0.39, 0.29) is 0 Å². The molecule has 0 aromatic carbocycles. The second-order valence-electron chi connectivity index (χ2n) is 5.07. The van der Waals surface area contributed by atoms with Crippen molar-refractivity contribution in [2.24, 2.45) is 10.9 Å². The van der Waals surface area contributed by atoms with Crippen LogP contribution in [0.4, 0.5) is 0 Å². The van der Waals surface area contributed by atoms with Crippen molar-refractivity contribution in [3.63, 3.8) is 0 Å². The number of nitrogens with zero attached hydrogens (tertiary/aromatic N) is 2. The number of amidine groups is 1. The van der Waals surface area contributed by atoms with Gasteiger partial charge in [-0.2, -0.15) is 0 Å². The monoisotopic (exact) mass is 257 g/mol. The first kappa shape index (κ1) is 14.8. The Kier molecular flexibility index (Phi) is 6.34. The van der Waals surface area contributed by atoms with Gasteiger partial charge in [0.25, 0.3) is 0 Å². The lowest BCUT2D eigenvalue weighted by molar-refractivity contribution is 0.313. The van der Waals surface area contributed by atoms with Crippen molar-refractivity contribution in [1.29, 1.82) is 0 Å². The molecule has 0 radical (unpaired) electrons. The van der Waals surface area contributed by atoms with E-state index in [0.717, 1.165) is 24.2 Å². The lowest BCUT2D eigenvalue weighted by Gasteiger charge is -2.21. The van der Waals surface area contributed by atoms with Gasteiger partial charge < -0.3 is 10.2 Å². The molecule has 100 valence electrons. The summed E-state index contributed by atoms with van der Waals surface area (Å²) in [7, 11) is 4.23. The predicted molar refractivity (Wildman–Crippen MR) is 78.9 cm³/mol. The zero-order chi connectivity index (χ0) is 12.8. The van der Waals surface area contributed by atoms with Crippen molar-refractivity contribution in [3.8, 4) is 0 Å². The van der Waals surface area contributed by atoms with E-state index in [2.05, 4.69) is 50.1 Å². The Morgan fingerprint density at radius 3 is 2.59 bits per heavy atom. The van der Waals surface area contributed by atoms with E-state index in [4.69, 9.17) is 0 Å². The standard InChI is InChI=1S/C13H27N3S/c1-6-11(7-2)12-9-15-13(17-12)14-8-10(3)16(4)5/h10-12H,6-9H2,1-5H3,(H,14,15). The molecule has 1 aliphatic rings. The van der Waals surface area contributed by atoms with Crippen LogP contribution in [0.2, 0.25) is 0 Å². The summed E-state index contributed by atoms with van der Waals surface area (Å²) in [6, 6.07) is 0.547. The number of hydrogen-bond donors (Lipinski definition) is 1. The molecule has 1 N–H and O–H groups in total. The second-order valence-corrected chi connectivity index (χ2v) is 6.30. The van der Waals surface area contributed by atoms with Crippen LogP contribution in [0, 0.1) is 5.92 Å². The molecule has 0 fully saturated rings. The molecule has 2 unspecified atom stereocenters. The van der Waals surface area contributed by atoms with Crippen LogP contribution in [0.25, 0.3) is 0 Å². The molecule has 1 rings (SSSR count). The normalized spacial score (nSPS) is 22.1. The lowest BCUT2D eigenvalue weighted by Crippen LogP contribution is -2.37. The average molecular weight is 257 g/mol. The largest absolute Gasteiger partial charge is 0.363 e. The zero-order valence-electron chi connectivity index (χ0n) is 11.9. The summed E-state index contributed by atoms with van der Waals surface area (Å²) in [4.78, 5) is 6.84. The first-order chi connectivity index (χ1) is 8.08. The lowest BCUT2D eigenvalue weighted by atomic mass is 9.99. The fourth-order valence-electron chi connectivity index (χ4n) is 1.97. The molecule has 0 aromatic heterocycles. The number of hydrogen-bond acceptors (Lipinski definition) is 4. The summed E-state index contributed by atoms with van der Waals surface area (Å²) >= 11 is 1.94. The molecule has 1 heterocycles. The highest BCUT2D eigenvalue weighted by molar-refractivity contribution is 8.14. The van der Waals surface area contributed by atoms with Crippen molar-refractivity contribution in [2.45, 2.75) is 44.9 Å². The molecular weight excluding hydrogens is 230 g/mol. The SMILES string of the molecule is CCC(CC)C1CN=C(NCC(C)N(C)C)S1. The summed E-state index contributed by atoms with van der Waals surface area (Å²) in [5.74, 6) is 0.814. The third-order valence-electron chi connectivity index (χ3n) is 3.68. The number of likely N-dealkylation sites (N-methyl/N-ethyl adjacent to an activating group) is 1. The first-order valence-corrected chi connectivity index (χ1v) is 7.57. The smallest absolute Gasteiger partial charge is 0.156 e. The average Bonchev–Trinajstić information content (AvgIpc) is 2.76. The van der Waals surface area contributed by atoms with E-state index in [1.165, 1.54) is 12.8 Å². The van der Waals surface area contributed by atoms with Crippen LogP contribution < -0.4 is 5.32 Å². The molecule has 0 bridgehead atoms. The van der Waals surface area contributed by atoms with Gasteiger partial charge in [0.05, 0.1) is 6.54 Å². The Hall–Kier alpha value is -0.220. The van der Waals surface area contributed by atoms with Crippen LogP contribution in [0.3, 0.4) is 0 Å².